The molecule has 158 valence electrons. The Morgan fingerprint density at radius 3 is 2.47 bits per heavy atom. The minimum Gasteiger partial charge on any atom is -0.339 e. The minimum absolute atomic E-state index is 0.123. The third-order valence-corrected chi connectivity index (χ3v) is 4.61. The van der Waals surface area contributed by atoms with E-state index in [0.717, 1.165) is 0 Å². The van der Waals surface area contributed by atoms with Gasteiger partial charge >= 0.3 is 0 Å². The van der Waals surface area contributed by atoms with Crippen molar-refractivity contribution in [3.05, 3.63) is 71.6 Å². The maximum Gasteiger partial charge on any atom is 0.227 e. The molecule has 1 heterocycles. The number of hydrogen-bond acceptors (Lipinski definition) is 5. The molecule has 0 aliphatic heterocycles. The molecule has 0 N–H and O–H groups in total. The van der Waals surface area contributed by atoms with Crippen LogP contribution in [-0.4, -0.2) is 53.0 Å². The number of hydrogen-bond donors (Lipinski definition) is 0. The Morgan fingerprint density at radius 1 is 1.03 bits per heavy atom. The van der Waals surface area contributed by atoms with Crippen molar-refractivity contribution in [2.24, 2.45) is 0 Å². The number of aryl methyl sites for hydroxylation is 1. The van der Waals surface area contributed by atoms with Gasteiger partial charge in [-0.1, -0.05) is 23.4 Å². The molecule has 0 aliphatic rings. The summed E-state index contributed by atoms with van der Waals surface area (Å²) >= 11 is 0. The first-order valence-corrected chi connectivity index (χ1v) is 9.67. The normalized spacial score (nSPS) is 11.1. The van der Waals surface area contributed by atoms with Crippen molar-refractivity contribution in [1.82, 2.24) is 19.9 Å². The zero-order valence-corrected chi connectivity index (χ0v) is 17.0. The van der Waals surface area contributed by atoms with Crippen molar-refractivity contribution >= 4 is 5.91 Å². The van der Waals surface area contributed by atoms with E-state index in [1.54, 1.807) is 35.2 Å². The number of nitrogens with zero attached hydrogens (tertiary/aromatic N) is 4. The summed E-state index contributed by atoms with van der Waals surface area (Å²) in [4.78, 5) is 20.7. The Morgan fingerprint density at radius 2 is 1.77 bits per heavy atom. The number of likely N-dealkylation sites (N-methyl/N-ethyl adjacent to an activating group) is 1. The lowest BCUT2D eigenvalue weighted by Crippen LogP contribution is -2.36. The van der Waals surface area contributed by atoms with Gasteiger partial charge in [0, 0.05) is 43.6 Å². The van der Waals surface area contributed by atoms with Gasteiger partial charge in [0.2, 0.25) is 17.6 Å². The summed E-state index contributed by atoms with van der Waals surface area (Å²) in [5, 5.41) is 3.89. The molecule has 3 rings (SSSR count). The highest BCUT2D eigenvalue weighted by molar-refractivity contribution is 5.76. The molecule has 0 radical (unpaired) electrons. The lowest BCUT2D eigenvalue weighted by Gasteiger charge is -2.24. The molecule has 1 aromatic heterocycles. The summed E-state index contributed by atoms with van der Waals surface area (Å²) in [5.41, 5.74) is 1.10. The predicted octanol–water partition coefficient (Wildman–Crippen LogP) is 3.54. The molecule has 2 aromatic carbocycles. The fraction of sp³-hybridized carbons (Fsp3) is 0.318. The van der Waals surface area contributed by atoms with E-state index in [1.165, 1.54) is 18.2 Å². The van der Waals surface area contributed by atoms with E-state index in [1.807, 2.05) is 19.0 Å². The molecule has 0 saturated carbocycles. The van der Waals surface area contributed by atoms with Crippen LogP contribution in [0.15, 0.2) is 53.1 Å². The smallest absolute Gasteiger partial charge is 0.227 e. The lowest BCUT2D eigenvalue weighted by molar-refractivity contribution is -0.132. The standard InChI is InChI=1S/C22H24F2N4O2/c1-27(2)13-14-28(15-17-5-3-4-6-19(17)24)21(29)12-11-20-25-22(26-30-20)16-7-9-18(23)10-8-16/h3-10H,11-15H2,1-2H3. The highest BCUT2D eigenvalue weighted by atomic mass is 19.1. The zero-order chi connectivity index (χ0) is 21.5. The van der Waals surface area contributed by atoms with Gasteiger partial charge in [0.05, 0.1) is 0 Å². The quantitative estimate of drug-likeness (QED) is 0.536. The van der Waals surface area contributed by atoms with Crippen LogP contribution in [0.2, 0.25) is 0 Å². The second-order valence-electron chi connectivity index (χ2n) is 7.23. The van der Waals surface area contributed by atoms with Crippen LogP contribution in [0.4, 0.5) is 8.78 Å². The first-order valence-electron chi connectivity index (χ1n) is 9.67. The van der Waals surface area contributed by atoms with Crippen molar-refractivity contribution < 1.29 is 18.1 Å². The third-order valence-electron chi connectivity index (χ3n) is 4.61. The molecule has 30 heavy (non-hydrogen) atoms. The van der Waals surface area contributed by atoms with Crippen LogP contribution in [0.1, 0.15) is 17.9 Å². The van der Waals surface area contributed by atoms with E-state index in [2.05, 4.69) is 10.1 Å². The monoisotopic (exact) mass is 414 g/mol. The van der Waals surface area contributed by atoms with Crippen LogP contribution < -0.4 is 0 Å². The van der Waals surface area contributed by atoms with Crippen LogP contribution in [0.3, 0.4) is 0 Å². The average Bonchev–Trinajstić information content (AvgIpc) is 3.20. The topological polar surface area (TPSA) is 62.5 Å². The number of halogens is 2. The van der Waals surface area contributed by atoms with Gasteiger partial charge in [-0.05, 0) is 44.4 Å². The van der Waals surface area contributed by atoms with Crippen molar-refractivity contribution in [3.8, 4) is 11.4 Å². The molecule has 0 saturated heterocycles. The fourth-order valence-corrected chi connectivity index (χ4v) is 2.89. The van der Waals surface area contributed by atoms with E-state index in [9.17, 15) is 13.6 Å². The van der Waals surface area contributed by atoms with Crippen LogP contribution in [0, 0.1) is 11.6 Å². The van der Waals surface area contributed by atoms with E-state index in [0.29, 0.717) is 35.9 Å². The Balaban J connectivity index is 1.63. The largest absolute Gasteiger partial charge is 0.339 e. The predicted molar refractivity (Wildman–Crippen MR) is 108 cm³/mol. The molecule has 0 atom stereocenters. The van der Waals surface area contributed by atoms with Gasteiger partial charge in [-0.2, -0.15) is 4.98 Å². The van der Waals surface area contributed by atoms with E-state index >= 15 is 0 Å². The maximum absolute atomic E-state index is 14.0. The van der Waals surface area contributed by atoms with Crippen molar-refractivity contribution in [2.75, 3.05) is 27.2 Å². The number of rotatable bonds is 9. The number of amides is 1. The number of carbonyl (C=O) groups is 1. The maximum atomic E-state index is 14.0. The SMILES string of the molecule is CN(C)CCN(Cc1ccccc1F)C(=O)CCc1nc(-c2ccc(F)cc2)no1. The zero-order valence-electron chi connectivity index (χ0n) is 17.0. The van der Waals surface area contributed by atoms with E-state index in [-0.39, 0.29) is 36.9 Å². The third kappa shape index (κ3) is 5.93. The van der Waals surface area contributed by atoms with Crippen molar-refractivity contribution in [1.29, 1.82) is 0 Å². The van der Waals surface area contributed by atoms with Crippen molar-refractivity contribution in [3.63, 3.8) is 0 Å². The second-order valence-corrected chi connectivity index (χ2v) is 7.23. The van der Waals surface area contributed by atoms with Gasteiger partial charge in [0.25, 0.3) is 0 Å². The summed E-state index contributed by atoms with van der Waals surface area (Å²) in [6.45, 7) is 1.34. The number of aromatic nitrogens is 2. The molecule has 1 amide bonds. The van der Waals surface area contributed by atoms with Gasteiger partial charge in [-0.15, -0.1) is 0 Å². The molecule has 0 aliphatic carbocycles. The van der Waals surface area contributed by atoms with E-state index in [4.69, 9.17) is 4.52 Å². The van der Waals surface area contributed by atoms with Gasteiger partial charge in [-0.3, -0.25) is 4.79 Å². The molecule has 0 fully saturated rings. The molecule has 3 aromatic rings. The first-order chi connectivity index (χ1) is 14.4. The van der Waals surface area contributed by atoms with Gasteiger partial charge in [0.15, 0.2) is 0 Å². The Kier molecular flexibility index (Phi) is 7.24. The highest BCUT2D eigenvalue weighted by Gasteiger charge is 2.18. The van der Waals surface area contributed by atoms with Crippen LogP contribution in [-0.2, 0) is 17.8 Å². The number of benzene rings is 2. The van der Waals surface area contributed by atoms with E-state index < -0.39 is 0 Å². The van der Waals surface area contributed by atoms with Crippen LogP contribution in [0.5, 0.6) is 0 Å². The molecule has 0 bridgehead atoms. The first kappa shape index (κ1) is 21.6. The average molecular weight is 414 g/mol. The molecule has 0 unspecified atom stereocenters. The van der Waals surface area contributed by atoms with Gasteiger partial charge in [0.1, 0.15) is 11.6 Å². The second kappa shape index (κ2) is 10.1. The molecule has 0 spiro atoms. The van der Waals surface area contributed by atoms with Gasteiger partial charge in [-0.25, -0.2) is 8.78 Å². The fourth-order valence-electron chi connectivity index (χ4n) is 2.89. The molecular formula is C22H24F2N4O2. The van der Waals surface area contributed by atoms with Crippen LogP contribution in [0.25, 0.3) is 11.4 Å². The Labute approximate surface area is 174 Å². The Hall–Kier alpha value is -3.13. The molecule has 6 nitrogen and oxygen atoms in total. The summed E-state index contributed by atoms with van der Waals surface area (Å²) in [7, 11) is 3.84. The summed E-state index contributed by atoms with van der Waals surface area (Å²) in [6, 6.07) is 12.2. The van der Waals surface area contributed by atoms with Gasteiger partial charge < -0.3 is 14.3 Å². The number of carbonyl (C=O) groups excluding carboxylic acids is 1. The van der Waals surface area contributed by atoms with Crippen LogP contribution >= 0.6 is 0 Å². The minimum atomic E-state index is -0.347. The summed E-state index contributed by atoms with van der Waals surface area (Å²) < 4.78 is 32.3. The Bertz CT molecular complexity index is 973. The highest BCUT2D eigenvalue weighted by Crippen LogP contribution is 2.17. The molecular weight excluding hydrogens is 390 g/mol. The summed E-state index contributed by atoms with van der Waals surface area (Å²) in [5.74, 6) is -0.141. The lowest BCUT2D eigenvalue weighted by atomic mass is 10.2. The summed E-state index contributed by atoms with van der Waals surface area (Å²) in [6.07, 6.45) is 0.426. The van der Waals surface area contributed by atoms with Crippen molar-refractivity contribution in [2.45, 2.75) is 19.4 Å². The molecule has 8 heteroatoms.